The first-order chi connectivity index (χ1) is 9.74. The second-order valence-electron chi connectivity index (χ2n) is 5.95. The van der Waals surface area contributed by atoms with Gasteiger partial charge in [0.05, 0.1) is 18.1 Å². The van der Waals surface area contributed by atoms with Crippen molar-refractivity contribution < 1.29 is 5.11 Å². The maximum Gasteiger partial charge on any atom is 0.0975 e. The van der Waals surface area contributed by atoms with Gasteiger partial charge >= 0.3 is 0 Å². The second-order valence-corrected chi connectivity index (χ2v) is 5.95. The van der Waals surface area contributed by atoms with Crippen molar-refractivity contribution in [3.63, 3.8) is 0 Å². The van der Waals surface area contributed by atoms with Gasteiger partial charge in [0, 0.05) is 13.2 Å². The number of nitrogens with zero attached hydrogens (tertiary/aromatic N) is 2. The number of unbranched alkanes of at least 4 members (excludes halogenated alkanes) is 9. The molecule has 0 aliphatic rings. The van der Waals surface area contributed by atoms with E-state index in [4.69, 9.17) is 0 Å². The predicted octanol–water partition coefficient (Wildman–Crippen LogP) is 4.76. The van der Waals surface area contributed by atoms with Gasteiger partial charge in [-0.3, -0.25) is 0 Å². The van der Waals surface area contributed by atoms with E-state index in [2.05, 4.69) is 11.9 Å². The summed E-state index contributed by atoms with van der Waals surface area (Å²) in [5, 5.41) is 9.98. The highest BCUT2D eigenvalue weighted by Gasteiger charge is 2.09. The Morgan fingerprint density at radius 2 is 1.55 bits per heavy atom. The van der Waals surface area contributed by atoms with E-state index in [1.165, 1.54) is 57.8 Å². The Kier molecular flexibility index (Phi) is 9.38. The van der Waals surface area contributed by atoms with Crippen LogP contribution in [-0.2, 0) is 7.05 Å². The van der Waals surface area contributed by atoms with Crippen molar-refractivity contribution >= 4 is 0 Å². The molecule has 1 N–H and O–H groups in total. The molecule has 0 bridgehead atoms. The fourth-order valence-electron chi connectivity index (χ4n) is 2.58. The zero-order chi connectivity index (χ0) is 14.6. The lowest BCUT2D eigenvalue weighted by Gasteiger charge is -2.07. The lowest BCUT2D eigenvalue weighted by atomic mass is 10.0. The van der Waals surface area contributed by atoms with Gasteiger partial charge in [-0.25, -0.2) is 4.98 Å². The fraction of sp³-hybridized carbons (Fsp3) is 0.824. The smallest absolute Gasteiger partial charge is 0.0975 e. The molecule has 1 aromatic rings. The molecule has 20 heavy (non-hydrogen) atoms. The van der Waals surface area contributed by atoms with E-state index < -0.39 is 0 Å². The van der Waals surface area contributed by atoms with Crippen LogP contribution in [0.5, 0.6) is 0 Å². The monoisotopic (exact) mass is 280 g/mol. The van der Waals surface area contributed by atoms with Crippen LogP contribution in [0.1, 0.15) is 89.4 Å². The minimum Gasteiger partial charge on any atom is -0.387 e. The van der Waals surface area contributed by atoms with Crippen molar-refractivity contribution in [2.45, 2.75) is 83.7 Å². The van der Waals surface area contributed by atoms with Gasteiger partial charge in [-0.2, -0.15) is 0 Å². The number of rotatable bonds is 12. The van der Waals surface area contributed by atoms with Gasteiger partial charge in [-0.05, 0) is 6.42 Å². The summed E-state index contributed by atoms with van der Waals surface area (Å²) in [5.41, 5.74) is 0.809. The van der Waals surface area contributed by atoms with E-state index in [0.29, 0.717) is 0 Å². The summed E-state index contributed by atoms with van der Waals surface area (Å²) in [6.07, 6.45) is 17.4. The van der Waals surface area contributed by atoms with E-state index >= 15 is 0 Å². The second kappa shape index (κ2) is 10.9. The van der Waals surface area contributed by atoms with Crippen molar-refractivity contribution in [3.8, 4) is 0 Å². The standard InChI is InChI=1S/C17H32N2O/c1-3-4-5-6-7-8-9-10-11-12-13-17(20)16-14-19(2)15-18-16/h14-15,17,20H,3-13H2,1-2H3. The Balaban J connectivity index is 1.89. The summed E-state index contributed by atoms with van der Waals surface area (Å²) in [4.78, 5) is 4.19. The number of hydrogen-bond donors (Lipinski definition) is 1. The third-order valence-corrected chi connectivity index (χ3v) is 3.90. The maximum absolute atomic E-state index is 9.98. The van der Waals surface area contributed by atoms with Crippen molar-refractivity contribution in [2.24, 2.45) is 7.05 Å². The number of imidazole rings is 1. The van der Waals surface area contributed by atoms with E-state index in [1.807, 2.05) is 17.8 Å². The Hall–Kier alpha value is -0.830. The maximum atomic E-state index is 9.98. The molecular weight excluding hydrogens is 248 g/mol. The molecule has 0 amide bonds. The quantitative estimate of drug-likeness (QED) is 0.560. The van der Waals surface area contributed by atoms with Crippen LogP contribution in [-0.4, -0.2) is 14.7 Å². The highest BCUT2D eigenvalue weighted by atomic mass is 16.3. The third-order valence-electron chi connectivity index (χ3n) is 3.90. The normalized spacial score (nSPS) is 12.8. The summed E-state index contributed by atoms with van der Waals surface area (Å²) in [5.74, 6) is 0. The van der Waals surface area contributed by atoms with Crippen LogP contribution >= 0.6 is 0 Å². The number of aryl methyl sites for hydroxylation is 1. The molecule has 0 aliphatic carbocycles. The summed E-state index contributed by atoms with van der Waals surface area (Å²) in [6, 6.07) is 0. The number of aromatic nitrogens is 2. The highest BCUT2D eigenvalue weighted by molar-refractivity contribution is 5.00. The molecule has 1 rings (SSSR count). The first-order valence-corrected chi connectivity index (χ1v) is 8.40. The van der Waals surface area contributed by atoms with E-state index in [1.54, 1.807) is 6.33 Å². The highest BCUT2D eigenvalue weighted by Crippen LogP contribution is 2.18. The molecule has 116 valence electrons. The SMILES string of the molecule is CCCCCCCCCCCCC(O)c1cn(C)cn1. The van der Waals surface area contributed by atoms with E-state index in [0.717, 1.165) is 18.5 Å². The Morgan fingerprint density at radius 3 is 2.05 bits per heavy atom. The first kappa shape index (κ1) is 17.2. The molecule has 0 saturated heterocycles. The van der Waals surface area contributed by atoms with Gasteiger partial charge in [0.1, 0.15) is 0 Å². The molecule has 1 heterocycles. The van der Waals surface area contributed by atoms with Crippen LogP contribution in [0.25, 0.3) is 0 Å². The molecule has 0 saturated carbocycles. The lowest BCUT2D eigenvalue weighted by molar-refractivity contribution is 0.159. The molecule has 1 atom stereocenters. The molecule has 3 nitrogen and oxygen atoms in total. The van der Waals surface area contributed by atoms with Gasteiger partial charge in [0.2, 0.25) is 0 Å². The number of aliphatic hydroxyl groups excluding tert-OH is 1. The Morgan fingerprint density at radius 1 is 1.00 bits per heavy atom. The molecule has 0 aromatic carbocycles. The van der Waals surface area contributed by atoms with E-state index in [9.17, 15) is 5.11 Å². The molecule has 0 spiro atoms. The van der Waals surface area contributed by atoms with Gasteiger partial charge in [-0.1, -0.05) is 71.1 Å². The molecule has 0 fully saturated rings. The molecule has 0 radical (unpaired) electrons. The Bertz CT molecular complexity index is 335. The summed E-state index contributed by atoms with van der Waals surface area (Å²) < 4.78 is 1.89. The van der Waals surface area contributed by atoms with Gasteiger partial charge in [0.15, 0.2) is 0 Å². The Labute approximate surface area is 124 Å². The van der Waals surface area contributed by atoms with Gasteiger partial charge in [0.25, 0.3) is 0 Å². The van der Waals surface area contributed by atoms with Crippen molar-refractivity contribution in [2.75, 3.05) is 0 Å². The molecular formula is C17H32N2O. The molecule has 3 heteroatoms. The average molecular weight is 280 g/mol. The molecule has 0 aliphatic heterocycles. The summed E-state index contributed by atoms with van der Waals surface area (Å²) in [6.45, 7) is 2.26. The minimum absolute atomic E-state index is 0.384. The van der Waals surface area contributed by atoms with Crippen LogP contribution in [0, 0.1) is 0 Å². The van der Waals surface area contributed by atoms with E-state index in [-0.39, 0.29) is 6.10 Å². The minimum atomic E-state index is -0.384. The van der Waals surface area contributed by atoms with Crippen LogP contribution < -0.4 is 0 Å². The zero-order valence-electron chi connectivity index (χ0n) is 13.4. The lowest BCUT2D eigenvalue weighted by Crippen LogP contribution is -1.97. The number of hydrogen-bond acceptors (Lipinski definition) is 2. The average Bonchev–Trinajstić information content (AvgIpc) is 2.87. The topological polar surface area (TPSA) is 38.0 Å². The zero-order valence-corrected chi connectivity index (χ0v) is 13.4. The summed E-state index contributed by atoms with van der Waals surface area (Å²) >= 11 is 0. The van der Waals surface area contributed by atoms with Gasteiger partial charge < -0.3 is 9.67 Å². The van der Waals surface area contributed by atoms with Gasteiger partial charge in [-0.15, -0.1) is 0 Å². The largest absolute Gasteiger partial charge is 0.387 e. The predicted molar refractivity (Wildman–Crippen MR) is 84.6 cm³/mol. The fourth-order valence-corrected chi connectivity index (χ4v) is 2.58. The van der Waals surface area contributed by atoms with Crippen LogP contribution in [0.4, 0.5) is 0 Å². The third kappa shape index (κ3) is 7.68. The molecule has 1 aromatic heterocycles. The summed E-state index contributed by atoms with van der Waals surface area (Å²) in [7, 11) is 1.93. The van der Waals surface area contributed by atoms with Crippen molar-refractivity contribution in [3.05, 3.63) is 18.2 Å². The number of aliphatic hydroxyl groups is 1. The first-order valence-electron chi connectivity index (χ1n) is 8.40. The molecule has 1 unspecified atom stereocenters. The van der Waals surface area contributed by atoms with Crippen LogP contribution in [0.15, 0.2) is 12.5 Å². The van der Waals surface area contributed by atoms with Crippen LogP contribution in [0.3, 0.4) is 0 Å². The van der Waals surface area contributed by atoms with Crippen molar-refractivity contribution in [1.29, 1.82) is 0 Å². The van der Waals surface area contributed by atoms with Crippen LogP contribution in [0.2, 0.25) is 0 Å². The van der Waals surface area contributed by atoms with Crippen molar-refractivity contribution in [1.82, 2.24) is 9.55 Å².